The number of anilines is 1. The Kier molecular flexibility index (Phi) is 5.71. The zero-order valence-electron chi connectivity index (χ0n) is 11.0. The standard InChI is InChI=1S/C11H17ClN2O4S/c1-13-4-5-19(15,16)14-9-6-8(12)10(17-2)7-11(9)18-3/h6-7,13-14H,4-5H2,1-3H3. The van der Waals surface area contributed by atoms with Crippen LogP contribution in [0.4, 0.5) is 5.69 Å². The van der Waals surface area contributed by atoms with Gasteiger partial charge in [-0.3, -0.25) is 4.72 Å². The van der Waals surface area contributed by atoms with Gasteiger partial charge in [-0.2, -0.15) is 0 Å². The summed E-state index contributed by atoms with van der Waals surface area (Å²) in [5.74, 6) is 0.710. The van der Waals surface area contributed by atoms with Gasteiger partial charge < -0.3 is 14.8 Å². The first kappa shape index (κ1) is 15.9. The van der Waals surface area contributed by atoms with Crippen LogP contribution in [0.15, 0.2) is 12.1 Å². The van der Waals surface area contributed by atoms with Gasteiger partial charge in [0.15, 0.2) is 0 Å². The molecule has 0 atom stereocenters. The number of ether oxygens (including phenoxy) is 2. The van der Waals surface area contributed by atoms with Gasteiger partial charge >= 0.3 is 0 Å². The van der Waals surface area contributed by atoms with E-state index in [4.69, 9.17) is 21.1 Å². The summed E-state index contributed by atoms with van der Waals surface area (Å²) in [7, 11) is 1.13. The molecule has 0 heterocycles. The van der Waals surface area contributed by atoms with Crippen molar-refractivity contribution in [3.63, 3.8) is 0 Å². The van der Waals surface area contributed by atoms with E-state index in [2.05, 4.69) is 10.0 Å². The number of hydrogen-bond acceptors (Lipinski definition) is 5. The van der Waals surface area contributed by atoms with Gasteiger partial charge in [0.05, 0.1) is 30.7 Å². The third-order valence-corrected chi connectivity index (χ3v) is 3.93. The van der Waals surface area contributed by atoms with Gasteiger partial charge in [0, 0.05) is 12.6 Å². The molecule has 0 unspecified atom stereocenters. The molecule has 1 aromatic carbocycles. The number of rotatable bonds is 7. The van der Waals surface area contributed by atoms with Crippen molar-refractivity contribution in [2.45, 2.75) is 0 Å². The van der Waals surface area contributed by atoms with E-state index in [-0.39, 0.29) is 11.4 Å². The molecule has 0 bridgehead atoms. The molecule has 1 rings (SSSR count). The highest BCUT2D eigenvalue weighted by molar-refractivity contribution is 7.92. The zero-order chi connectivity index (χ0) is 14.5. The minimum atomic E-state index is -3.46. The highest BCUT2D eigenvalue weighted by Gasteiger charge is 2.15. The Hall–Kier alpha value is -1.18. The van der Waals surface area contributed by atoms with E-state index < -0.39 is 10.0 Å². The maximum absolute atomic E-state index is 11.8. The number of sulfonamides is 1. The fourth-order valence-corrected chi connectivity index (χ4v) is 2.71. The average Bonchev–Trinajstić information content (AvgIpc) is 2.36. The first-order valence-corrected chi connectivity index (χ1v) is 7.53. The first-order valence-electron chi connectivity index (χ1n) is 5.50. The summed E-state index contributed by atoms with van der Waals surface area (Å²) < 4.78 is 36.2. The minimum absolute atomic E-state index is 0.0453. The quantitative estimate of drug-likeness (QED) is 0.794. The second-order valence-electron chi connectivity index (χ2n) is 3.71. The summed E-state index contributed by atoms with van der Waals surface area (Å²) in [5.41, 5.74) is 0.282. The van der Waals surface area contributed by atoms with Crippen molar-refractivity contribution in [1.29, 1.82) is 0 Å². The fourth-order valence-electron chi connectivity index (χ4n) is 1.39. The normalized spacial score (nSPS) is 11.2. The Morgan fingerprint density at radius 1 is 1.21 bits per heavy atom. The highest BCUT2D eigenvalue weighted by Crippen LogP contribution is 2.36. The zero-order valence-corrected chi connectivity index (χ0v) is 12.6. The lowest BCUT2D eigenvalue weighted by atomic mass is 10.3. The number of nitrogens with one attached hydrogen (secondary N) is 2. The molecule has 8 heteroatoms. The second kappa shape index (κ2) is 6.83. The van der Waals surface area contributed by atoms with Crippen LogP contribution in [0.1, 0.15) is 0 Å². The Labute approximate surface area is 118 Å². The Morgan fingerprint density at radius 3 is 2.37 bits per heavy atom. The number of hydrogen-bond donors (Lipinski definition) is 2. The molecule has 1 aromatic rings. The van der Waals surface area contributed by atoms with Gasteiger partial charge in [-0.1, -0.05) is 11.6 Å². The van der Waals surface area contributed by atoms with E-state index >= 15 is 0 Å². The predicted molar refractivity (Wildman–Crippen MR) is 75.9 cm³/mol. The number of halogens is 1. The third kappa shape index (κ3) is 4.45. The molecule has 0 aliphatic heterocycles. The van der Waals surface area contributed by atoms with E-state index in [1.807, 2.05) is 0 Å². The van der Waals surface area contributed by atoms with Crippen molar-refractivity contribution in [2.24, 2.45) is 0 Å². The van der Waals surface area contributed by atoms with Gasteiger partial charge in [0.25, 0.3) is 0 Å². The maximum atomic E-state index is 11.8. The minimum Gasteiger partial charge on any atom is -0.495 e. The molecule has 0 aromatic heterocycles. The van der Waals surface area contributed by atoms with E-state index in [0.717, 1.165) is 0 Å². The Bertz CT molecular complexity index is 534. The smallest absolute Gasteiger partial charge is 0.234 e. The van der Waals surface area contributed by atoms with Crippen molar-refractivity contribution in [1.82, 2.24) is 5.32 Å². The summed E-state index contributed by atoms with van der Waals surface area (Å²) in [6.45, 7) is 0.349. The van der Waals surface area contributed by atoms with Crippen molar-refractivity contribution >= 4 is 27.3 Å². The SMILES string of the molecule is CNCCS(=O)(=O)Nc1cc(Cl)c(OC)cc1OC. The largest absolute Gasteiger partial charge is 0.495 e. The van der Waals surface area contributed by atoms with Crippen LogP contribution in [0, 0.1) is 0 Å². The molecule has 0 radical (unpaired) electrons. The number of methoxy groups -OCH3 is 2. The first-order chi connectivity index (χ1) is 8.93. The average molecular weight is 309 g/mol. The summed E-state index contributed by atoms with van der Waals surface area (Å²) in [6, 6.07) is 2.98. The molecule has 2 N–H and O–H groups in total. The van der Waals surface area contributed by atoms with Crippen LogP contribution in [0.3, 0.4) is 0 Å². The van der Waals surface area contributed by atoms with Crippen molar-refractivity contribution in [2.75, 3.05) is 38.3 Å². The molecule has 108 valence electrons. The fraction of sp³-hybridized carbons (Fsp3) is 0.455. The van der Waals surface area contributed by atoms with Crippen LogP contribution in [-0.2, 0) is 10.0 Å². The van der Waals surface area contributed by atoms with Crippen LogP contribution < -0.4 is 19.5 Å². The van der Waals surface area contributed by atoms with Crippen LogP contribution in [-0.4, -0.2) is 42.0 Å². The molecule has 0 aliphatic carbocycles. The Balaban J connectivity index is 3.03. The van der Waals surface area contributed by atoms with Crippen molar-refractivity contribution in [3.05, 3.63) is 17.2 Å². The van der Waals surface area contributed by atoms with Gasteiger partial charge in [0.2, 0.25) is 10.0 Å². The van der Waals surface area contributed by atoms with Crippen LogP contribution in [0.25, 0.3) is 0 Å². The lowest BCUT2D eigenvalue weighted by molar-refractivity contribution is 0.396. The maximum Gasteiger partial charge on any atom is 0.234 e. The topological polar surface area (TPSA) is 76.7 Å². The van der Waals surface area contributed by atoms with Crippen LogP contribution >= 0.6 is 11.6 Å². The highest BCUT2D eigenvalue weighted by atomic mass is 35.5. The van der Waals surface area contributed by atoms with E-state index in [1.54, 1.807) is 7.05 Å². The molecular formula is C11H17ClN2O4S. The van der Waals surface area contributed by atoms with Gasteiger partial charge in [0.1, 0.15) is 11.5 Å². The second-order valence-corrected chi connectivity index (χ2v) is 5.96. The van der Waals surface area contributed by atoms with Crippen molar-refractivity contribution in [3.8, 4) is 11.5 Å². The van der Waals surface area contributed by atoms with Crippen molar-refractivity contribution < 1.29 is 17.9 Å². The summed E-state index contributed by atoms with van der Waals surface area (Å²) >= 11 is 5.96. The lowest BCUT2D eigenvalue weighted by Gasteiger charge is -2.14. The van der Waals surface area contributed by atoms with Crippen LogP contribution in [0.5, 0.6) is 11.5 Å². The molecule has 6 nitrogen and oxygen atoms in total. The Morgan fingerprint density at radius 2 is 1.84 bits per heavy atom. The summed E-state index contributed by atoms with van der Waals surface area (Å²) in [4.78, 5) is 0. The number of benzene rings is 1. The molecule has 0 saturated carbocycles. The molecule has 0 amide bonds. The molecule has 0 aliphatic rings. The van der Waals surface area contributed by atoms with E-state index in [1.165, 1.54) is 26.4 Å². The molecular weight excluding hydrogens is 292 g/mol. The molecule has 0 spiro atoms. The van der Waals surface area contributed by atoms with Crippen LogP contribution in [0.2, 0.25) is 5.02 Å². The summed E-state index contributed by atoms with van der Waals surface area (Å²) in [5, 5.41) is 3.07. The van der Waals surface area contributed by atoms with E-state index in [9.17, 15) is 8.42 Å². The van der Waals surface area contributed by atoms with Gasteiger partial charge in [-0.15, -0.1) is 0 Å². The van der Waals surface area contributed by atoms with E-state index in [0.29, 0.717) is 23.1 Å². The molecule has 19 heavy (non-hydrogen) atoms. The monoisotopic (exact) mass is 308 g/mol. The third-order valence-electron chi connectivity index (χ3n) is 2.36. The molecule has 0 fully saturated rings. The predicted octanol–water partition coefficient (Wildman–Crippen LogP) is 1.32. The van der Waals surface area contributed by atoms with Gasteiger partial charge in [-0.05, 0) is 13.1 Å². The van der Waals surface area contributed by atoms with Gasteiger partial charge in [-0.25, -0.2) is 8.42 Å². The lowest BCUT2D eigenvalue weighted by Crippen LogP contribution is -2.24. The molecule has 0 saturated heterocycles. The summed E-state index contributed by atoms with van der Waals surface area (Å²) in [6.07, 6.45) is 0.